The van der Waals surface area contributed by atoms with Crippen LogP contribution in [0.1, 0.15) is 6.92 Å². The molecule has 0 bridgehead atoms. The van der Waals surface area contributed by atoms with Crippen LogP contribution in [0.15, 0.2) is 12.7 Å². The lowest BCUT2D eigenvalue weighted by Gasteiger charge is -2.23. The highest BCUT2D eigenvalue weighted by molar-refractivity contribution is 6.03. The molecule has 0 spiro atoms. The number of imidazole rings is 1. The Balaban J connectivity index is 2.16. The minimum atomic E-state index is -0.926. The molecular weight excluding hydrogens is 340 g/mol. The van der Waals surface area contributed by atoms with Crippen LogP contribution in [-0.4, -0.2) is 68.1 Å². The van der Waals surface area contributed by atoms with Crippen molar-refractivity contribution in [3.05, 3.63) is 12.7 Å². The monoisotopic (exact) mass is 362 g/mol. The van der Waals surface area contributed by atoms with Crippen molar-refractivity contribution >= 4 is 34.5 Å². The molecule has 0 radical (unpaired) electrons. The number of nitrogen functional groups attached to an aromatic ring is 1. The van der Waals surface area contributed by atoms with Crippen molar-refractivity contribution in [3.8, 4) is 0 Å². The van der Waals surface area contributed by atoms with Gasteiger partial charge in [-0.3, -0.25) is 14.4 Å². The number of anilines is 1. The fourth-order valence-corrected chi connectivity index (χ4v) is 2.53. The quantitative estimate of drug-likeness (QED) is 0.423. The van der Waals surface area contributed by atoms with E-state index >= 15 is 0 Å². The molecule has 0 fully saturated rings. The third kappa shape index (κ3) is 4.18. The van der Waals surface area contributed by atoms with Gasteiger partial charge in [-0.1, -0.05) is 0 Å². The summed E-state index contributed by atoms with van der Waals surface area (Å²) in [6.07, 6.45) is 2.70. The summed E-state index contributed by atoms with van der Waals surface area (Å²) in [5, 5.41) is 0. The average molecular weight is 362 g/mol. The van der Waals surface area contributed by atoms with E-state index in [1.807, 2.05) is 0 Å². The molecule has 2 rings (SSSR count). The van der Waals surface area contributed by atoms with E-state index in [-0.39, 0.29) is 50.2 Å². The normalized spacial score (nSPS) is 12.1. The van der Waals surface area contributed by atoms with Crippen molar-refractivity contribution < 1.29 is 14.4 Å². The maximum Gasteiger partial charge on any atom is 0.243 e. The Morgan fingerprint density at radius 3 is 2.58 bits per heavy atom. The molecule has 0 aliphatic carbocycles. The van der Waals surface area contributed by atoms with Crippen molar-refractivity contribution in [3.63, 3.8) is 0 Å². The Kier molecular flexibility index (Phi) is 6.31. The van der Waals surface area contributed by atoms with Crippen molar-refractivity contribution in [1.82, 2.24) is 24.4 Å². The fraction of sp³-hybridized carbons (Fsp3) is 0.467. The van der Waals surface area contributed by atoms with E-state index in [0.717, 1.165) is 0 Å². The second-order valence-corrected chi connectivity index (χ2v) is 5.77. The first-order valence-corrected chi connectivity index (χ1v) is 8.01. The number of rotatable bonds is 9. The molecule has 0 aromatic carbocycles. The standard InChI is InChI=1S/C15H22N8O3/c1-9(24)10(4-17)11(25)5-22(3-2-16)12(26)6-23-8-21-13-14(18)19-7-20-15(13)23/h7-8,10H,2-6,16-17H2,1H3,(H2,18,19,20). The van der Waals surface area contributed by atoms with E-state index in [2.05, 4.69) is 15.0 Å². The van der Waals surface area contributed by atoms with Crippen molar-refractivity contribution in [2.24, 2.45) is 17.4 Å². The van der Waals surface area contributed by atoms with Crippen LogP contribution in [0.3, 0.4) is 0 Å². The molecule has 2 heterocycles. The molecule has 140 valence electrons. The van der Waals surface area contributed by atoms with Crippen LogP contribution < -0.4 is 17.2 Å². The van der Waals surface area contributed by atoms with Crippen molar-refractivity contribution in [2.45, 2.75) is 13.5 Å². The largest absolute Gasteiger partial charge is 0.382 e. The van der Waals surface area contributed by atoms with E-state index < -0.39 is 11.7 Å². The van der Waals surface area contributed by atoms with Gasteiger partial charge in [-0.25, -0.2) is 15.0 Å². The second kappa shape index (κ2) is 8.45. The summed E-state index contributed by atoms with van der Waals surface area (Å²) in [4.78, 5) is 49.7. The minimum absolute atomic E-state index is 0.0961. The van der Waals surface area contributed by atoms with Crippen LogP contribution in [0, 0.1) is 5.92 Å². The molecule has 0 aliphatic rings. The average Bonchev–Trinajstić information content (AvgIpc) is 2.99. The zero-order valence-corrected chi connectivity index (χ0v) is 14.5. The predicted octanol–water partition coefficient (Wildman–Crippen LogP) is -2.07. The Bertz CT molecular complexity index is 818. The van der Waals surface area contributed by atoms with E-state index in [9.17, 15) is 14.4 Å². The van der Waals surface area contributed by atoms with Crippen molar-refractivity contribution in [2.75, 3.05) is 31.9 Å². The summed E-state index contributed by atoms with van der Waals surface area (Å²) < 4.78 is 1.51. The van der Waals surface area contributed by atoms with Crippen molar-refractivity contribution in [1.29, 1.82) is 0 Å². The maximum atomic E-state index is 12.6. The Labute approximate surface area is 149 Å². The molecule has 0 aliphatic heterocycles. The highest BCUT2D eigenvalue weighted by Crippen LogP contribution is 2.14. The lowest BCUT2D eigenvalue weighted by atomic mass is 9.99. The number of Topliss-reactive ketones (excluding diaryl/α,β-unsaturated/α-hetero) is 2. The molecule has 1 atom stereocenters. The zero-order chi connectivity index (χ0) is 19.3. The van der Waals surface area contributed by atoms with Gasteiger partial charge in [0.2, 0.25) is 5.91 Å². The number of hydrogen-bond acceptors (Lipinski definition) is 9. The molecule has 11 nitrogen and oxygen atoms in total. The van der Waals surface area contributed by atoms with Crippen LogP contribution in [0.25, 0.3) is 11.2 Å². The number of aromatic nitrogens is 4. The molecule has 11 heteroatoms. The van der Waals surface area contributed by atoms with E-state index in [0.29, 0.717) is 11.2 Å². The van der Waals surface area contributed by atoms with Gasteiger partial charge in [0.1, 0.15) is 24.2 Å². The maximum absolute atomic E-state index is 12.6. The number of carbonyl (C=O) groups excluding carboxylic acids is 3. The van der Waals surface area contributed by atoms with E-state index in [1.165, 1.54) is 29.0 Å². The summed E-state index contributed by atoms with van der Waals surface area (Å²) in [6, 6.07) is 0. The van der Waals surface area contributed by atoms with Gasteiger partial charge in [0, 0.05) is 19.6 Å². The summed E-state index contributed by atoms with van der Waals surface area (Å²) in [5.74, 6) is -1.82. The van der Waals surface area contributed by atoms with Gasteiger partial charge in [-0.15, -0.1) is 0 Å². The number of amides is 1. The predicted molar refractivity (Wildman–Crippen MR) is 93.6 cm³/mol. The lowest BCUT2D eigenvalue weighted by molar-refractivity contribution is -0.139. The smallest absolute Gasteiger partial charge is 0.243 e. The third-order valence-corrected chi connectivity index (χ3v) is 3.95. The molecule has 1 amide bonds. The third-order valence-electron chi connectivity index (χ3n) is 3.95. The van der Waals surface area contributed by atoms with Crippen LogP contribution in [0.2, 0.25) is 0 Å². The number of ketones is 2. The molecule has 1 unspecified atom stereocenters. The Hall–Kier alpha value is -2.92. The minimum Gasteiger partial charge on any atom is -0.382 e. The van der Waals surface area contributed by atoms with E-state index in [4.69, 9.17) is 17.2 Å². The highest BCUT2D eigenvalue weighted by Gasteiger charge is 2.26. The Morgan fingerprint density at radius 1 is 1.23 bits per heavy atom. The molecule has 2 aromatic heterocycles. The first-order valence-electron chi connectivity index (χ1n) is 8.01. The summed E-state index contributed by atoms with van der Waals surface area (Å²) in [6.45, 7) is 1.21. The van der Waals surface area contributed by atoms with Gasteiger partial charge in [0.25, 0.3) is 0 Å². The summed E-state index contributed by atoms with van der Waals surface area (Å²) >= 11 is 0. The van der Waals surface area contributed by atoms with Crippen LogP contribution in [0.5, 0.6) is 0 Å². The number of carbonyl (C=O) groups is 3. The van der Waals surface area contributed by atoms with Gasteiger partial charge in [-0.05, 0) is 6.92 Å². The second-order valence-electron chi connectivity index (χ2n) is 5.77. The van der Waals surface area contributed by atoms with Gasteiger partial charge < -0.3 is 26.7 Å². The SMILES string of the molecule is CC(=O)C(CN)C(=O)CN(CCN)C(=O)Cn1cnc2c(N)ncnc21. The van der Waals surface area contributed by atoms with Gasteiger partial charge in [0.15, 0.2) is 17.2 Å². The highest BCUT2D eigenvalue weighted by atomic mass is 16.2. The number of fused-ring (bicyclic) bond motifs is 1. The van der Waals surface area contributed by atoms with Gasteiger partial charge >= 0.3 is 0 Å². The first kappa shape index (κ1) is 19.4. The van der Waals surface area contributed by atoms with Gasteiger partial charge in [-0.2, -0.15) is 0 Å². The molecule has 2 aromatic rings. The Morgan fingerprint density at radius 2 is 1.96 bits per heavy atom. The molecule has 0 saturated carbocycles. The van der Waals surface area contributed by atoms with Crippen LogP contribution in [0.4, 0.5) is 5.82 Å². The van der Waals surface area contributed by atoms with E-state index in [1.54, 1.807) is 0 Å². The van der Waals surface area contributed by atoms with Gasteiger partial charge in [0.05, 0.1) is 18.8 Å². The van der Waals surface area contributed by atoms with Crippen LogP contribution in [-0.2, 0) is 20.9 Å². The molecule has 26 heavy (non-hydrogen) atoms. The fourth-order valence-electron chi connectivity index (χ4n) is 2.53. The number of nitrogens with zero attached hydrogens (tertiary/aromatic N) is 5. The molecule has 0 saturated heterocycles. The molecular formula is C15H22N8O3. The number of hydrogen-bond donors (Lipinski definition) is 3. The summed E-state index contributed by atoms with van der Waals surface area (Å²) in [7, 11) is 0. The number of nitrogens with two attached hydrogens (primary N) is 3. The summed E-state index contributed by atoms with van der Waals surface area (Å²) in [5.41, 5.74) is 17.5. The molecule has 6 N–H and O–H groups in total. The zero-order valence-electron chi connectivity index (χ0n) is 14.5. The topological polar surface area (TPSA) is 176 Å². The van der Waals surface area contributed by atoms with Crippen LogP contribution >= 0.6 is 0 Å². The lowest BCUT2D eigenvalue weighted by Crippen LogP contribution is -2.44. The first-order chi connectivity index (χ1) is 12.4.